The second-order valence-electron chi connectivity index (χ2n) is 11.1. The van der Waals surface area contributed by atoms with Gasteiger partial charge in [0.25, 0.3) is 10.0 Å². The van der Waals surface area contributed by atoms with E-state index in [0.717, 1.165) is 47.5 Å². The number of benzene rings is 3. The summed E-state index contributed by atoms with van der Waals surface area (Å²) in [7, 11) is -2.63. The molecule has 0 bridgehead atoms. The third kappa shape index (κ3) is 7.89. The topological polar surface area (TPSA) is 96.0 Å². The van der Waals surface area contributed by atoms with E-state index in [-0.39, 0.29) is 23.4 Å². The lowest BCUT2D eigenvalue weighted by atomic mass is 9.95. The summed E-state index contributed by atoms with van der Waals surface area (Å²) in [6.07, 6.45) is 5.06. The van der Waals surface area contributed by atoms with Crippen molar-refractivity contribution >= 4 is 39.1 Å². The first-order chi connectivity index (χ1) is 20.5. The first-order valence-electron chi connectivity index (χ1n) is 14.6. The summed E-state index contributed by atoms with van der Waals surface area (Å²) in [4.78, 5) is 29.2. The lowest BCUT2D eigenvalue weighted by molar-refractivity contribution is -0.139. The fraction of sp³-hybridized carbons (Fsp3) is 0.394. The van der Waals surface area contributed by atoms with E-state index in [1.807, 2.05) is 19.1 Å². The molecule has 3 aromatic carbocycles. The van der Waals surface area contributed by atoms with Crippen LogP contribution in [0, 0.1) is 13.8 Å². The molecule has 0 heterocycles. The van der Waals surface area contributed by atoms with Gasteiger partial charge in [-0.3, -0.25) is 13.9 Å². The largest absolute Gasteiger partial charge is 0.497 e. The van der Waals surface area contributed by atoms with Crippen LogP contribution in [0.5, 0.6) is 5.75 Å². The van der Waals surface area contributed by atoms with E-state index in [2.05, 4.69) is 5.32 Å². The van der Waals surface area contributed by atoms with E-state index in [4.69, 9.17) is 16.3 Å². The molecular formula is C33H40ClN3O5S. The molecule has 0 unspecified atom stereocenters. The maximum atomic E-state index is 14.2. The van der Waals surface area contributed by atoms with Gasteiger partial charge in [0.05, 0.1) is 17.7 Å². The van der Waals surface area contributed by atoms with Gasteiger partial charge < -0.3 is 15.0 Å². The van der Waals surface area contributed by atoms with Gasteiger partial charge in [0.2, 0.25) is 11.8 Å². The molecule has 0 saturated heterocycles. The Morgan fingerprint density at radius 1 is 1.00 bits per heavy atom. The molecule has 4 rings (SSSR count). The Bertz CT molecular complexity index is 1540. The third-order valence-corrected chi connectivity index (χ3v) is 10.2. The van der Waals surface area contributed by atoms with Crippen molar-refractivity contribution in [2.45, 2.75) is 76.4 Å². The van der Waals surface area contributed by atoms with Crippen LogP contribution in [0.2, 0.25) is 5.02 Å². The monoisotopic (exact) mass is 625 g/mol. The van der Waals surface area contributed by atoms with E-state index >= 15 is 0 Å². The van der Waals surface area contributed by atoms with Crippen molar-refractivity contribution < 1.29 is 22.7 Å². The normalized spacial score (nSPS) is 14.5. The van der Waals surface area contributed by atoms with Gasteiger partial charge in [-0.05, 0) is 81.1 Å². The lowest BCUT2D eigenvalue weighted by Crippen LogP contribution is -2.53. The van der Waals surface area contributed by atoms with Crippen molar-refractivity contribution in [1.29, 1.82) is 0 Å². The number of carbonyl (C=O) groups is 2. The Labute approximate surface area is 260 Å². The number of methoxy groups -OCH3 is 1. The van der Waals surface area contributed by atoms with Crippen molar-refractivity contribution in [2.24, 2.45) is 0 Å². The molecule has 0 aliphatic heterocycles. The predicted molar refractivity (Wildman–Crippen MR) is 170 cm³/mol. The van der Waals surface area contributed by atoms with Crippen molar-refractivity contribution in [3.8, 4) is 5.75 Å². The van der Waals surface area contributed by atoms with Gasteiger partial charge in [0, 0.05) is 17.6 Å². The first kappa shape index (κ1) is 32.4. The van der Waals surface area contributed by atoms with Crippen LogP contribution in [0.4, 0.5) is 5.69 Å². The maximum absolute atomic E-state index is 14.2. The average molecular weight is 626 g/mol. The highest BCUT2D eigenvalue weighted by Gasteiger charge is 2.34. The summed E-state index contributed by atoms with van der Waals surface area (Å²) in [5, 5.41) is 3.50. The standard InChI is InChI=1S/C33H40ClN3O5S/c1-23-16-18-29(19-17-23)43(40,41)37(31-15-9-14-30(34)24(31)2)22-32(38)36(21-26-10-8-13-28(20-26)42-4)25(3)33(39)35-27-11-6-5-7-12-27/h8-10,13-20,25,27H,5-7,11-12,21-22H2,1-4H3,(H,35,39)/t25-/m1/s1. The fourth-order valence-electron chi connectivity index (χ4n) is 5.34. The Morgan fingerprint density at radius 2 is 1.67 bits per heavy atom. The number of sulfonamides is 1. The number of hydrogen-bond acceptors (Lipinski definition) is 5. The molecule has 43 heavy (non-hydrogen) atoms. The van der Waals surface area contributed by atoms with Gasteiger partial charge >= 0.3 is 0 Å². The Morgan fingerprint density at radius 3 is 2.35 bits per heavy atom. The van der Waals surface area contributed by atoms with E-state index in [1.165, 1.54) is 17.0 Å². The summed E-state index contributed by atoms with van der Waals surface area (Å²) >= 11 is 6.41. The van der Waals surface area contributed by atoms with Crippen LogP contribution in [0.3, 0.4) is 0 Å². The van der Waals surface area contributed by atoms with E-state index in [0.29, 0.717) is 22.0 Å². The fourth-order valence-corrected chi connectivity index (χ4v) is 6.98. The van der Waals surface area contributed by atoms with Crippen molar-refractivity contribution in [3.63, 3.8) is 0 Å². The molecule has 0 radical (unpaired) electrons. The van der Waals surface area contributed by atoms with Crippen LogP contribution in [-0.4, -0.2) is 50.9 Å². The molecule has 0 spiro atoms. The van der Waals surface area contributed by atoms with E-state index < -0.39 is 28.5 Å². The number of ether oxygens (including phenoxy) is 1. The van der Waals surface area contributed by atoms with Gasteiger partial charge in [-0.25, -0.2) is 8.42 Å². The van der Waals surface area contributed by atoms with Crippen LogP contribution in [0.15, 0.2) is 71.6 Å². The minimum Gasteiger partial charge on any atom is -0.497 e. The third-order valence-electron chi connectivity index (χ3n) is 8.00. The van der Waals surface area contributed by atoms with Gasteiger partial charge in [0.1, 0.15) is 18.3 Å². The van der Waals surface area contributed by atoms with Crippen molar-refractivity contribution in [2.75, 3.05) is 18.0 Å². The van der Waals surface area contributed by atoms with Crippen LogP contribution >= 0.6 is 11.6 Å². The van der Waals surface area contributed by atoms with Gasteiger partial charge in [-0.2, -0.15) is 0 Å². The summed E-state index contributed by atoms with van der Waals surface area (Å²) < 4.78 is 34.6. The van der Waals surface area contributed by atoms with Gasteiger partial charge in [-0.1, -0.05) is 66.8 Å². The highest BCUT2D eigenvalue weighted by atomic mass is 35.5. The number of amides is 2. The molecular weight excluding hydrogens is 586 g/mol. The molecule has 230 valence electrons. The van der Waals surface area contributed by atoms with Crippen LogP contribution < -0.4 is 14.4 Å². The van der Waals surface area contributed by atoms with Gasteiger partial charge in [-0.15, -0.1) is 0 Å². The number of aryl methyl sites for hydroxylation is 1. The average Bonchev–Trinajstić information content (AvgIpc) is 3.00. The molecule has 1 saturated carbocycles. The summed E-state index contributed by atoms with van der Waals surface area (Å²) in [6, 6.07) is 17.9. The highest BCUT2D eigenvalue weighted by Crippen LogP contribution is 2.31. The smallest absolute Gasteiger partial charge is 0.264 e. The molecule has 2 amide bonds. The molecule has 1 aliphatic rings. The second-order valence-corrected chi connectivity index (χ2v) is 13.4. The number of carbonyl (C=O) groups excluding carboxylic acids is 2. The zero-order valence-corrected chi connectivity index (χ0v) is 26.7. The molecule has 1 atom stereocenters. The molecule has 8 nitrogen and oxygen atoms in total. The Hall–Kier alpha value is -3.56. The summed E-state index contributed by atoms with van der Waals surface area (Å²) in [5.41, 5.74) is 2.47. The molecule has 0 aromatic heterocycles. The number of rotatable bonds is 11. The highest BCUT2D eigenvalue weighted by molar-refractivity contribution is 7.92. The van der Waals surface area contributed by atoms with Crippen molar-refractivity contribution in [1.82, 2.24) is 10.2 Å². The zero-order chi connectivity index (χ0) is 31.1. The van der Waals surface area contributed by atoms with Crippen LogP contribution in [0.25, 0.3) is 0 Å². The minimum atomic E-state index is -4.18. The molecule has 1 N–H and O–H groups in total. The Balaban J connectivity index is 1.72. The van der Waals surface area contributed by atoms with Gasteiger partial charge in [0.15, 0.2) is 0 Å². The second kappa shape index (κ2) is 14.3. The number of hydrogen-bond donors (Lipinski definition) is 1. The van der Waals surface area contributed by atoms with E-state index in [1.54, 1.807) is 63.4 Å². The number of nitrogens with one attached hydrogen (secondary N) is 1. The van der Waals surface area contributed by atoms with Crippen LogP contribution in [0.1, 0.15) is 55.7 Å². The van der Waals surface area contributed by atoms with Crippen molar-refractivity contribution in [3.05, 3.63) is 88.4 Å². The van der Waals surface area contributed by atoms with E-state index in [9.17, 15) is 18.0 Å². The lowest BCUT2D eigenvalue weighted by Gasteiger charge is -2.33. The maximum Gasteiger partial charge on any atom is 0.264 e. The molecule has 1 aliphatic carbocycles. The predicted octanol–water partition coefficient (Wildman–Crippen LogP) is 6.03. The molecule has 3 aromatic rings. The Kier molecular flexibility index (Phi) is 10.7. The SMILES string of the molecule is COc1cccc(CN(C(=O)CN(c2cccc(Cl)c2C)S(=O)(=O)c2ccc(C)cc2)[C@H](C)C(=O)NC2CCCCC2)c1. The van der Waals surface area contributed by atoms with Crippen LogP contribution in [-0.2, 0) is 26.2 Å². The number of nitrogens with zero attached hydrogens (tertiary/aromatic N) is 2. The zero-order valence-electron chi connectivity index (χ0n) is 25.2. The first-order valence-corrected chi connectivity index (χ1v) is 16.4. The molecule has 1 fully saturated rings. The molecule has 10 heteroatoms. The number of halogens is 1. The summed E-state index contributed by atoms with van der Waals surface area (Å²) in [5.74, 6) is -0.179. The number of anilines is 1. The quantitative estimate of drug-likeness (QED) is 0.281. The summed E-state index contributed by atoms with van der Waals surface area (Å²) in [6.45, 7) is 4.83. The minimum absolute atomic E-state index is 0.0488.